The van der Waals surface area contributed by atoms with Crippen LogP contribution in [0.25, 0.3) is 0 Å². The van der Waals surface area contributed by atoms with E-state index in [0.717, 1.165) is 5.92 Å². The van der Waals surface area contributed by atoms with E-state index in [1.54, 1.807) is 11.1 Å². The van der Waals surface area contributed by atoms with Crippen LogP contribution in [0.4, 0.5) is 0 Å². The van der Waals surface area contributed by atoms with Crippen LogP contribution in [-0.4, -0.2) is 0 Å². The van der Waals surface area contributed by atoms with Crippen molar-refractivity contribution >= 4 is 0 Å². The first-order valence-corrected chi connectivity index (χ1v) is 6.27. The zero-order valence-corrected chi connectivity index (χ0v) is 10.3. The lowest BCUT2D eigenvalue weighted by Crippen LogP contribution is -2.07. The molecule has 1 aliphatic carbocycles. The molecule has 0 amide bonds. The molecule has 0 heterocycles. The van der Waals surface area contributed by atoms with Crippen LogP contribution in [0.1, 0.15) is 60.3 Å². The van der Waals surface area contributed by atoms with Crippen LogP contribution >= 0.6 is 0 Å². The zero-order chi connectivity index (χ0) is 10.8. The number of rotatable bonds is 1. The van der Waals surface area contributed by atoms with Gasteiger partial charge in [0, 0.05) is 0 Å². The minimum atomic E-state index is 0.845. The van der Waals surface area contributed by atoms with Gasteiger partial charge in [0.2, 0.25) is 0 Å². The minimum Gasteiger partial charge on any atom is -0.0588 e. The van der Waals surface area contributed by atoms with E-state index in [2.05, 4.69) is 32.9 Å². The van der Waals surface area contributed by atoms with Crippen LogP contribution in [0, 0.1) is 20.8 Å². The van der Waals surface area contributed by atoms with Crippen molar-refractivity contribution < 1.29 is 0 Å². The second kappa shape index (κ2) is 4.38. The Balaban J connectivity index is 2.31. The fourth-order valence-corrected chi connectivity index (χ4v) is 2.83. The Kier molecular flexibility index (Phi) is 3.14. The number of hydrogen-bond acceptors (Lipinski definition) is 0. The Morgan fingerprint density at radius 1 is 0.867 bits per heavy atom. The summed E-state index contributed by atoms with van der Waals surface area (Å²) < 4.78 is 0. The van der Waals surface area contributed by atoms with Crippen molar-refractivity contribution in [2.45, 2.75) is 58.8 Å². The Morgan fingerprint density at radius 2 is 1.53 bits per heavy atom. The molecule has 0 unspecified atom stereocenters. The van der Waals surface area contributed by atoms with E-state index < -0.39 is 0 Å². The first-order chi connectivity index (χ1) is 7.20. The van der Waals surface area contributed by atoms with Gasteiger partial charge in [-0.25, -0.2) is 0 Å². The topological polar surface area (TPSA) is 0 Å². The average Bonchev–Trinajstić information content (AvgIpc) is 2.27. The minimum absolute atomic E-state index is 0.845. The lowest BCUT2D eigenvalue weighted by Gasteiger charge is -2.24. The normalized spacial score (nSPS) is 18.1. The lowest BCUT2D eigenvalue weighted by atomic mass is 9.81. The van der Waals surface area contributed by atoms with Crippen LogP contribution in [-0.2, 0) is 0 Å². The summed E-state index contributed by atoms with van der Waals surface area (Å²) in [6.45, 7) is 6.77. The van der Waals surface area contributed by atoms with Gasteiger partial charge >= 0.3 is 0 Å². The summed E-state index contributed by atoms with van der Waals surface area (Å²) in [7, 11) is 0. The van der Waals surface area contributed by atoms with Crippen molar-refractivity contribution in [1.29, 1.82) is 0 Å². The molecule has 0 nitrogen and oxygen atoms in total. The first kappa shape index (κ1) is 10.7. The molecule has 0 radical (unpaired) electrons. The summed E-state index contributed by atoms with van der Waals surface area (Å²) in [6.07, 6.45) is 7.11. The highest BCUT2D eigenvalue weighted by Gasteiger charge is 2.17. The standard InChI is InChI=1S/C15H22/c1-11-9-10-15(13(3)12(11)2)14-7-5-4-6-8-14/h9-10,14H,4-8H2,1-3H3. The quantitative estimate of drug-likeness (QED) is 0.621. The number of aryl methyl sites for hydroxylation is 1. The molecule has 15 heavy (non-hydrogen) atoms. The molecule has 2 rings (SSSR count). The van der Waals surface area contributed by atoms with Crippen LogP contribution < -0.4 is 0 Å². The van der Waals surface area contributed by atoms with Gasteiger partial charge < -0.3 is 0 Å². The largest absolute Gasteiger partial charge is 0.0588 e. The van der Waals surface area contributed by atoms with Gasteiger partial charge in [0.15, 0.2) is 0 Å². The first-order valence-electron chi connectivity index (χ1n) is 6.27. The molecular formula is C15H22. The lowest BCUT2D eigenvalue weighted by molar-refractivity contribution is 0.442. The Labute approximate surface area is 93.7 Å². The maximum atomic E-state index is 2.37. The third-order valence-electron chi connectivity index (χ3n) is 4.14. The molecule has 1 aromatic carbocycles. The highest BCUT2D eigenvalue weighted by atomic mass is 14.2. The van der Waals surface area contributed by atoms with Crippen molar-refractivity contribution in [3.8, 4) is 0 Å². The van der Waals surface area contributed by atoms with Crippen LogP contribution in [0.3, 0.4) is 0 Å². The van der Waals surface area contributed by atoms with E-state index in [-0.39, 0.29) is 0 Å². The van der Waals surface area contributed by atoms with E-state index >= 15 is 0 Å². The van der Waals surface area contributed by atoms with Gasteiger partial charge in [-0.2, -0.15) is 0 Å². The molecule has 0 aromatic heterocycles. The Hall–Kier alpha value is -0.780. The van der Waals surface area contributed by atoms with Crippen molar-refractivity contribution in [3.63, 3.8) is 0 Å². The molecule has 0 spiro atoms. The summed E-state index contributed by atoms with van der Waals surface area (Å²) in [6, 6.07) is 4.67. The molecule has 0 aliphatic heterocycles. The van der Waals surface area contributed by atoms with E-state index in [0.29, 0.717) is 0 Å². The van der Waals surface area contributed by atoms with E-state index in [1.165, 1.54) is 43.2 Å². The monoisotopic (exact) mass is 202 g/mol. The summed E-state index contributed by atoms with van der Waals surface area (Å²) in [4.78, 5) is 0. The number of benzene rings is 1. The molecule has 1 aromatic rings. The van der Waals surface area contributed by atoms with Crippen molar-refractivity contribution in [2.75, 3.05) is 0 Å². The highest BCUT2D eigenvalue weighted by molar-refractivity contribution is 5.40. The van der Waals surface area contributed by atoms with E-state index in [1.807, 2.05) is 0 Å². The van der Waals surface area contributed by atoms with E-state index in [9.17, 15) is 0 Å². The van der Waals surface area contributed by atoms with Crippen LogP contribution in [0.2, 0.25) is 0 Å². The molecule has 0 N–H and O–H groups in total. The zero-order valence-electron chi connectivity index (χ0n) is 10.3. The predicted octanol–water partition coefficient (Wildman–Crippen LogP) is 4.66. The van der Waals surface area contributed by atoms with Gasteiger partial charge in [0.25, 0.3) is 0 Å². The smallest absolute Gasteiger partial charge is 0.0159 e. The number of hydrogen-bond donors (Lipinski definition) is 0. The molecule has 1 fully saturated rings. The SMILES string of the molecule is Cc1ccc(C2CCCCC2)c(C)c1C. The third kappa shape index (κ3) is 2.09. The predicted molar refractivity (Wildman–Crippen MR) is 66.5 cm³/mol. The highest BCUT2D eigenvalue weighted by Crippen LogP contribution is 2.35. The molecule has 0 atom stereocenters. The van der Waals surface area contributed by atoms with Crippen molar-refractivity contribution in [2.24, 2.45) is 0 Å². The summed E-state index contributed by atoms with van der Waals surface area (Å²) >= 11 is 0. The van der Waals surface area contributed by atoms with Gasteiger partial charge in [-0.05, 0) is 61.8 Å². The van der Waals surface area contributed by atoms with Gasteiger partial charge in [-0.1, -0.05) is 31.4 Å². The van der Waals surface area contributed by atoms with Crippen LogP contribution in [0.15, 0.2) is 12.1 Å². The fraction of sp³-hybridized carbons (Fsp3) is 0.600. The van der Waals surface area contributed by atoms with Gasteiger partial charge in [0.1, 0.15) is 0 Å². The Morgan fingerprint density at radius 3 is 2.20 bits per heavy atom. The second-order valence-corrected chi connectivity index (χ2v) is 5.06. The molecular weight excluding hydrogens is 180 g/mol. The second-order valence-electron chi connectivity index (χ2n) is 5.06. The van der Waals surface area contributed by atoms with Crippen molar-refractivity contribution in [1.82, 2.24) is 0 Å². The van der Waals surface area contributed by atoms with Crippen molar-refractivity contribution in [3.05, 3.63) is 34.4 Å². The third-order valence-corrected chi connectivity index (χ3v) is 4.14. The van der Waals surface area contributed by atoms with Gasteiger partial charge in [0.05, 0.1) is 0 Å². The van der Waals surface area contributed by atoms with Crippen LogP contribution in [0.5, 0.6) is 0 Å². The summed E-state index contributed by atoms with van der Waals surface area (Å²) in [5.74, 6) is 0.845. The van der Waals surface area contributed by atoms with Gasteiger partial charge in [-0.15, -0.1) is 0 Å². The maximum Gasteiger partial charge on any atom is -0.0159 e. The molecule has 0 saturated heterocycles. The molecule has 82 valence electrons. The fourth-order valence-electron chi connectivity index (χ4n) is 2.83. The molecule has 1 saturated carbocycles. The van der Waals surface area contributed by atoms with E-state index in [4.69, 9.17) is 0 Å². The van der Waals surface area contributed by atoms with Gasteiger partial charge in [-0.3, -0.25) is 0 Å². The average molecular weight is 202 g/mol. The molecule has 0 heteroatoms. The summed E-state index contributed by atoms with van der Waals surface area (Å²) in [5, 5.41) is 0. The molecule has 1 aliphatic rings. The Bertz CT molecular complexity index is 343. The summed E-state index contributed by atoms with van der Waals surface area (Å²) in [5.41, 5.74) is 6.10. The maximum absolute atomic E-state index is 2.37. The molecule has 0 bridgehead atoms.